The molecule has 1 atom stereocenters. The Hall–Kier alpha value is -2.89. The van der Waals surface area contributed by atoms with Crippen molar-refractivity contribution in [1.29, 1.82) is 0 Å². The van der Waals surface area contributed by atoms with Crippen LogP contribution in [0.5, 0.6) is 5.75 Å². The average Bonchev–Trinajstić information content (AvgIpc) is 2.82. The number of hydrogen-bond donors (Lipinski definition) is 1. The minimum atomic E-state index is -0.224. The van der Waals surface area contributed by atoms with Crippen LogP contribution in [-0.4, -0.2) is 44.2 Å². The van der Waals surface area contributed by atoms with Crippen molar-refractivity contribution in [1.82, 2.24) is 10.2 Å². The van der Waals surface area contributed by atoms with Crippen LogP contribution < -0.4 is 10.1 Å². The van der Waals surface area contributed by atoms with Crippen LogP contribution in [0.15, 0.2) is 60.7 Å². The number of carbonyl (C=O) groups is 1. The number of nitrogens with one attached hydrogen (secondary N) is 1. The Morgan fingerprint density at radius 1 is 1.03 bits per heavy atom. The summed E-state index contributed by atoms with van der Waals surface area (Å²) in [6, 6.07) is 20.5. The van der Waals surface area contributed by atoms with Gasteiger partial charge in [-0.1, -0.05) is 48.5 Å². The lowest BCUT2D eigenvalue weighted by Crippen LogP contribution is -2.36. The van der Waals surface area contributed by atoms with Gasteiger partial charge in [0.15, 0.2) is 0 Å². The van der Waals surface area contributed by atoms with Gasteiger partial charge in [0.2, 0.25) is 5.91 Å². The highest BCUT2D eigenvalue weighted by atomic mass is 16.5. The number of amides is 1. The maximum Gasteiger partial charge on any atom is 0.227 e. The van der Waals surface area contributed by atoms with E-state index in [4.69, 9.17) is 9.47 Å². The molecule has 0 aliphatic carbocycles. The van der Waals surface area contributed by atoms with Gasteiger partial charge in [-0.05, 0) is 46.5 Å². The molecule has 1 amide bonds. The second-order valence-corrected chi connectivity index (χ2v) is 8.07. The summed E-state index contributed by atoms with van der Waals surface area (Å²) < 4.78 is 10.7. The van der Waals surface area contributed by atoms with Gasteiger partial charge >= 0.3 is 0 Å². The molecule has 4 rings (SSSR count). The molecule has 5 nitrogen and oxygen atoms in total. The summed E-state index contributed by atoms with van der Waals surface area (Å²) in [6.45, 7) is 6.86. The molecule has 1 fully saturated rings. The van der Waals surface area contributed by atoms with E-state index in [1.165, 1.54) is 11.1 Å². The molecular formula is C26H30N2O3. The van der Waals surface area contributed by atoms with Crippen molar-refractivity contribution in [3.05, 3.63) is 77.4 Å². The van der Waals surface area contributed by atoms with E-state index in [0.717, 1.165) is 54.9 Å². The Morgan fingerprint density at radius 3 is 2.52 bits per heavy atom. The second-order valence-electron chi connectivity index (χ2n) is 8.07. The zero-order valence-corrected chi connectivity index (χ0v) is 18.3. The molecule has 5 heteroatoms. The van der Waals surface area contributed by atoms with E-state index < -0.39 is 0 Å². The van der Waals surface area contributed by atoms with Crippen LogP contribution in [0.4, 0.5) is 0 Å². The van der Waals surface area contributed by atoms with Crippen LogP contribution in [0.25, 0.3) is 10.8 Å². The maximum atomic E-state index is 12.9. The van der Waals surface area contributed by atoms with E-state index in [1.807, 2.05) is 37.3 Å². The first kappa shape index (κ1) is 21.3. The van der Waals surface area contributed by atoms with Gasteiger partial charge in [0.1, 0.15) is 5.75 Å². The number of hydrogen-bond acceptors (Lipinski definition) is 4. The third kappa shape index (κ3) is 5.24. The first-order valence-electron chi connectivity index (χ1n) is 10.9. The molecule has 31 heavy (non-hydrogen) atoms. The number of fused-ring (bicyclic) bond motifs is 1. The Bertz CT molecular complexity index is 1040. The molecule has 1 heterocycles. The summed E-state index contributed by atoms with van der Waals surface area (Å²) in [6.07, 6.45) is 0. The van der Waals surface area contributed by atoms with Crippen LogP contribution in [0.3, 0.4) is 0 Å². The molecule has 3 aromatic carbocycles. The monoisotopic (exact) mass is 418 g/mol. The SMILES string of the molecule is COc1ccc2cc(C(C)C(=O)NCc3ccccc3CN3CCOCC3)ccc2c1. The fourth-order valence-corrected chi connectivity index (χ4v) is 4.01. The number of rotatable bonds is 7. The van der Waals surface area contributed by atoms with Crippen molar-refractivity contribution in [2.24, 2.45) is 0 Å². The lowest BCUT2D eigenvalue weighted by molar-refractivity contribution is -0.122. The highest BCUT2D eigenvalue weighted by Gasteiger charge is 2.17. The van der Waals surface area contributed by atoms with Gasteiger partial charge in [-0.3, -0.25) is 9.69 Å². The van der Waals surface area contributed by atoms with Crippen molar-refractivity contribution in [3.63, 3.8) is 0 Å². The number of morpholine rings is 1. The Kier molecular flexibility index (Phi) is 6.85. The van der Waals surface area contributed by atoms with E-state index in [0.29, 0.717) is 6.54 Å². The van der Waals surface area contributed by atoms with Gasteiger partial charge in [-0.2, -0.15) is 0 Å². The number of ether oxygens (including phenoxy) is 2. The Morgan fingerprint density at radius 2 is 1.74 bits per heavy atom. The molecule has 1 N–H and O–H groups in total. The summed E-state index contributed by atoms with van der Waals surface area (Å²) in [5.74, 6) is 0.647. The first-order valence-corrected chi connectivity index (χ1v) is 10.9. The molecule has 1 saturated heterocycles. The van der Waals surface area contributed by atoms with Gasteiger partial charge in [0.25, 0.3) is 0 Å². The van der Waals surface area contributed by atoms with Crippen molar-refractivity contribution >= 4 is 16.7 Å². The van der Waals surface area contributed by atoms with Gasteiger partial charge < -0.3 is 14.8 Å². The van der Waals surface area contributed by atoms with E-state index in [1.54, 1.807) is 7.11 Å². The quantitative estimate of drug-likeness (QED) is 0.628. The van der Waals surface area contributed by atoms with Crippen molar-refractivity contribution in [2.75, 3.05) is 33.4 Å². The summed E-state index contributed by atoms with van der Waals surface area (Å²) in [4.78, 5) is 15.3. The number of methoxy groups -OCH3 is 1. The van der Waals surface area contributed by atoms with Crippen LogP contribution in [0, 0.1) is 0 Å². The molecule has 162 valence electrons. The summed E-state index contributed by atoms with van der Waals surface area (Å²) in [5.41, 5.74) is 3.44. The van der Waals surface area contributed by atoms with E-state index in [-0.39, 0.29) is 11.8 Å². The van der Waals surface area contributed by atoms with Crippen LogP contribution in [0.1, 0.15) is 29.5 Å². The largest absolute Gasteiger partial charge is 0.497 e. The smallest absolute Gasteiger partial charge is 0.227 e. The standard InChI is InChI=1S/C26H30N2O3/c1-19(20-7-8-22-16-25(30-2)10-9-21(22)15-20)26(29)27-17-23-5-3-4-6-24(23)18-28-11-13-31-14-12-28/h3-10,15-16,19H,11-14,17-18H2,1-2H3,(H,27,29). The molecule has 1 aliphatic heterocycles. The number of carbonyl (C=O) groups excluding carboxylic acids is 1. The van der Waals surface area contributed by atoms with Gasteiger partial charge in [-0.25, -0.2) is 0 Å². The maximum absolute atomic E-state index is 12.9. The molecule has 0 radical (unpaired) electrons. The molecule has 1 unspecified atom stereocenters. The highest BCUT2D eigenvalue weighted by Crippen LogP contribution is 2.25. The highest BCUT2D eigenvalue weighted by molar-refractivity contribution is 5.88. The Labute approximate surface area is 184 Å². The third-order valence-electron chi connectivity index (χ3n) is 6.03. The van der Waals surface area contributed by atoms with Crippen LogP contribution in [0.2, 0.25) is 0 Å². The van der Waals surface area contributed by atoms with Gasteiger partial charge in [0.05, 0.1) is 26.2 Å². The zero-order chi connectivity index (χ0) is 21.6. The number of nitrogens with zero attached hydrogens (tertiary/aromatic N) is 1. The summed E-state index contributed by atoms with van der Waals surface area (Å²) in [5, 5.41) is 5.35. The van der Waals surface area contributed by atoms with E-state index in [9.17, 15) is 4.79 Å². The average molecular weight is 419 g/mol. The second kappa shape index (κ2) is 9.94. The zero-order valence-electron chi connectivity index (χ0n) is 18.3. The third-order valence-corrected chi connectivity index (χ3v) is 6.03. The Balaban J connectivity index is 1.41. The number of benzene rings is 3. The normalized spacial score (nSPS) is 15.5. The molecule has 0 bridgehead atoms. The molecule has 0 saturated carbocycles. The molecule has 3 aromatic rings. The van der Waals surface area contributed by atoms with Crippen molar-refractivity contribution in [2.45, 2.75) is 25.9 Å². The lowest BCUT2D eigenvalue weighted by Gasteiger charge is -2.27. The predicted molar refractivity (Wildman–Crippen MR) is 123 cm³/mol. The minimum Gasteiger partial charge on any atom is -0.497 e. The van der Waals surface area contributed by atoms with Gasteiger partial charge in [0, 0.05) is 26.2 Å². The van der Waals surface area contributed by atoms with Crippen molar-refractivity contribution < 1.29 is 14.3 Å². The van der Waals surface area contributed by atoms with Crippen LogP contribution >= 0.6 is 0 Å². The van der Waals surface area contributed by atoms with E-state index >= 15 is 0 Å². The predicted octanol–water partition coefficient (Wildman–Crippen LogP) is 4.10. The lowest BCUT2D eigenvalue weighted by atomic mass is 9.96. The molecular weight excluding hydrogens is 388 g/mol. The summed E-state index contributed by atoms with van der Waals surface area (Å²) >= 11 is 0. The molecule has 0 spiro atoms. The van der Waals surface area contributed by atoms with E-state index in [2.05, 4.69) is 40.5 Å². The fraction of sp³-hybridized carbons (Fsp3) is 0.346. The van der Waals surface area contributed by atoms with Gasteiger partial charge in [-0.15, -0.1) is 0 Å². The summed E-state index contributed by atoms with van der Waals surface area (Å²) in [7, 11) is 1.67. The van der Waals surface area contributed by atoms with Crippen molar-refractivity contribution in [3.8, 4) is 5.75 Å². The topological polar surface area (TPSA) is 50.8 Å². The molecule has 1 aliphatic rings. The molecule has 0 aromatic heterocycles. The van der Waals surface area contributed by atoms with Crippen LogP contribution in [-0.2, 0) is 22.6 Å². The fourth-order valence-electron chi connectivity index (χ4n) is 4.01. The minimum absolute atomic E-state index is 0.0361. The first-order chi connectivity index (χ1) is 15.1.